The third-order valence-electron chi connectivity index (χ3n) is 1.94. The molecule has 1 aliphatic heterocycles. The van der Waals surface area contributed by atoms with Crippen molar-refractivity contribution < 1.29 is 13.9 Å². The van der Waals surface area contributed by atoms with Crippen LogP contribution in [0.4, 0.5) is 4.39 Å². The molecule has 3 heteroatoms. The predicted octanol–water partition coefficient (Wildman–Crippen LogP) is 2.12. The van der Waals surface area contributed by atoms with Gasteiger partial charge in [0.1, 0.15) is 5.82 Å². The molecule has 0 radical (unpaired) electrons. The molecule has 0 saturated carbocycles. The van der Waals surface area contributed by atoms with Gasteiger partial charge in [-0.05, 0) is 18.6 Å². The van der Waals surface area contributed by atoms with Gasteiger partial charge >= 0.3 is 0 Å². The van der Waals surface area contributed by atoms with E-state index < -0.39 is 0 Å². The van der Waals surface area contributed by atoms with Gasteiger partial charge in [-0.2, -0.15) is 0 Å². The topological polar surface area (TPSA) is 18.5 Å². The highest BCUT2D eigenvalue weighted by atomic mass is 19.1. The minimum atomic E-state index is -0.221. The van der Waals surface area contributed by atoms with Crippen molar-refractivity contribution >= 4 is 0 Å². The molecule has 0 spiro atoms. The van der Waals surface area contributed by atoms with Crippen LogP contribution >= 0.6 is 0 Å². The Morgan fingerprint density at radius 2 is 2.25 bits per heavy atom. The molecule has 12 heavy (non-hydrogen) atoms. The fourth-order valence-corrected chi connectivity index (χ4v) is 1.34. The summed E-state index contributed by atoms with van der Waals surface area (Å²) in [5.74, 6) is 0.993. The monoisotopic (exact) mass is 168 g/mol. The van der Waals surface area contributed by atoms with Crippen LogP contribution in [0.3, 0.4) is 0 Å². The molecular weight excluding hydrogens is 159 g/mol. The van der Waals surface area contributed by atoms with E-state index >= 15 is 0 Å². The number of fused-ring (bicyclic) bond motifs is 1. The molecule has 1 aliphatic rings. The zero-order valence-electron chi connectivity index (χ0n) is 6.76. The van der Waals surface area contributed by atoms with Crippen molar-refractivity contribution in [1.82, 2.24) is 0 Å². The summed E-state index contributed by atoms with van der Waals surface area (Å²) < 4.78 is 23.4. The highest BCUT2D eigenvalue weighted by Crippen LogP contribution is 2.36. The van der Waals surface area contributed by atoms with Gasteiger partial charge in [0.25, 0.3) is 0 Å². The summed E-state index contributed by atoms with van der Waals surface area (Å²) >= 11 is 0. The van der Waals surface area contributed by atoms with E-state index in [0.717, 1.165) is 0 Å². The Morgan fingerprint density at radius 1 is 1.42 bits per heavy atom. The van der Waals surface area contributed by atoms with Crippen LogP contribution in [0.2, 0.25) is 0 Å². The van der Waals surface area contributed by atoms with E-state index in [0.29, 0.717) is 23.5 Å². The summed E-state index contributed by atoms with van der Waals surface area (Å²) in [4.78, 5) is 0. The van der Waals surface area contributed by atoms with Crippen LogP contribution in [0.15, 0.2) is 12.1 Å². The molecule has 0 aromatic heterocycles. The Bertz CT molecular complexity index is 310. The van der Waals surface area contributed by atoms with E-state index in [-0.39, 0.29) is 12.6 Å². The lowest BCUT2D eigenvalue weighted by Gasteiger charge is -2.03. The van der Waals surface area contributed by atoms with E-state index in [1.54, 1.807) is 6.07 Å². The SMILES string of the molecule is CCc1c(F)ccc2c1OCO2. The zero-order chi connectivity index (χ0) is 8.55. The van der Waals surface area contributed by atoms with Gasteiger partial charge in [-0.25, -0.2) is 4.39 Å². The van der Waals surface area contributed by atoms with Gasteiger partial charge in [0.2, 0.25) is 6.79 Å². The van der Waals surface area contributed by atoms with Crippen molar-refractivity contribution in [2.24, 2.45) is 0 Å². The number of rotatable bonds is 1. The maximum Gasteiger partial charge on any atom is 0.231 e. The summed E-state index contributed by atoms with van der Waals surface area (Å²) in [6.45, 7) is 2.09. The third-order valence-corrected chi connectivity index (χ3v) is 1.94. The normalized spacial score (nSPS) is 13.5. The number of halogens is 1. The van der Waals surface area contributed by atoms with Crippen molar-refractivity contribution in [2.45, 2.75) is 13.3 Å². The first-order valence-electron chi connectivity index (χ1n) is 3.90. The minimum Gasteiger partial charge on any atom is -0.454 e. The summed E-state index contributed by atoms with van der Waals surface area (Å²) in [5, 5.41) is 0. The van der Waals surface area contributed by atoms with Crippen LogP contribution in [-0.4, -0.2) is 6.79 Å². The van der Waals surface area contributed by atoms with Gasteiger partial charge in [0.05, 0.1) is 0 Å². The predicted molar refractivity (Wildman–Crippen MR) is 41.9 cm³/mol. The standard InChI is InChI=1S/C9H9FO2/c1-2-6-7(10)3-4-8-9(6)12-5-11-8/h3-4H,2,5H2,1H3. The molecule has 0 saturated heterocycles. The van der Waals surface area contributed by atoms with Crippen molar-refractivity contribution in [3.63, 3.8) is 0 Å². The molecule has 0 atom stereocenters. The Kier molecular flexibility index (Phi) is 1.64. The average Bonchev–Trinajstić information content (AvgIpc) is 2.52. The van der Waals surface area contributed by atoms with Crippen LogP contribution in [0, 0.1) is 5.82 Å². The van der Waals surface area contributed by atoms with E-state index in [4.69, 9.17) is 9.47 Å². The highest BCUT2D eigenvalue weighted by Gasteiger charge is 2.19. The summed E-state index contributed by atoms with van der Waals surface area (Å²) in [7, 11) is 0. The second-order valence-electron chi connectivity index (χ2n) is 2.61. The molecule has 0 unspecified atom stereocenters. The van der Waals surface area contributed by atoms with E-state index in [1.165, 1.54) is 6.07 Å². The fourth-order valence-electron chi connectivity index (χ4n) is 1.34. The molecule has 1 aromatic rings. The zero-order valence-corrected chi connectivity index (χ0v) is 6.76. The van der Waals surface area contributed by atoms with Crippen molar-refractivity contribution in [3.05, 3.63) is 23.5 Å². The summed E-state index contributed by atoms with van der Waals surface area (Å²) in [6.07, 6.45) is 0.623. The molecule has 64 valence electrons. The van der Waals surface area contributed by atoms with Gasteiger partial charge in [-0.3, -0.25) is 0 Å². The van der Waals surface area contributed by atoms with E-state index in [2.05, 4.69) is 0 Å². The minimum absolute atomic E-state index is 0.200. The number of benzene rings is 1. The second-order valence-corrected chi connectivity index (χ2v) is 2.61. The van der Waals surface area contributed by atoms with Gasteiger partial charge in [-0.1, -0.05) is 6.92 Å². The van der Waals surface area contributed by atoms with Crippen LogP contribution in [0.1, 0.15) is 12.5 Å². The lowest BCUT2D eigenvalue weighted by atomic mass is 10.1. The first-order valence-corrected chi connectivity index (χ1v) is 3.90. The maximum absolute atomic E-state index is 13.1. The first kappa shape index (κ1) is 7.40. The lowest BCUT2D eigenvalue weighted by molar-refractivity contribution is 0.173. The Morgan fingerprint density at radius 3 is 3.00 bits per heavy atom. The summed E-state index contributed by atoms with van der Waals surface area (Å²) in [6, 6.07) is 3.00. The molecule has 1 heterocycles. The molecule has 0 aliphatic carbocycles. The van der Waals surface area contributed by atoms with Crippen LogP contribution in [0.25, 0.3) is 0 Å². The molecule has 2 rings (SSSR count). The van der Waals surface area contributed by atoms with Gasteiger partial charge in [-0.15, -0.1) is 0 Å². The molecule has 0 bridgehead atoms. The average molecular weight is 168 g/mol. The van der Waals surface area contributed by atoms with Crippen molar-refractivity contribution in [1.29, 1.82) is 0 Å². The van der Waals surface area contributed by atoms with Crippen molar-refractivity contribution in [3.8, 4) is 11.5 Å². The lowest BCUT2D eigenvalue weighted by Crippen LogP contribution is -1.95. The molecular formula is C9H9FO2. The van der Waals surface area contributed by atoms with E-state index in [1.807, 2.05) is 6.92 Å². The van der Waals surface area contributed by atoms with Gasteiger partial charge < -0.3 is 9.47 Å². The Hall–Kier alpha value is -1.25. The molecule has 0 fully saturated rings. The molecule has 1 aromatic carbocycles. The maximum atomic E-state index is 13.1. The van der Waals surface area contributed by atoms with Crippen molar-refractivity contribution in [2.75, 3.05) is 6.79 Å². The van der Waals surface area contributed by atoms with Gasteiger partial charge in [0, 0.05) is 5.56 Å². The first-order chi connectivity index (χ1) is 5.83. The molecule has 0 N–H and O–H groups in total. The molecule has 2 nitrogen and oxygen atoms in total. The van der Waals surface area contributed by atoms with Crippen LogP contribution < -0.4 is 9.47 Å². The molecule has 0 amide bonds. The number of hydrogen-bond donors (Lipinski definition) is 0. The number of hydrogen-bond acceptors (Lipinski definition) is 2. The Labute approximate surface area is 69.9 Å². The fraction of sp³-hybridized carbons (Fsp3) is 0.333. The van der Waals surface area contributed by atoms with E-state index in [9.17, 15) is 4.39 Å². The quantitative estimate of drug-likeness (QED) is 0.639. The Balaban J connectivity index is 2.57. The van der Waals surface area contributed by atoms with Crippen LogP contribution in [-0.2, 0) is 6.42 Å². The van der Waals surface area contributed by atoms with Gasteiger partial charge in [0.15, 0.2) is 11.5 Å². The smallest absolute Gasteiger partial charge is 0.231 e. The van der Waals surface area contributed by atoms with Crippen LogP contribution in [0.5, 0.6) is 11.5 Å². The summed E-state index contributed by atoms with van der Waals surface area (Å²) in [5.41, 5.74) is 0.602. The second kappa shape index (κ2) is 2.66. The largest absolute Gasteiger partial charge is 0.454 e. The third kappa shape index (κ3) is 0.932. The number of ether oxygens (including phenoxy) is 2. The highest BCUT2D eigenvalue weighted by molar-refractivity contribution is 5.48.